The highest BCUT2D eigenvalue weighted by molar-refractivity contribution is 5.52. The molecular weight excluding hydrogens is 258 g/mol. The van der Waals surface area contributed by atoms with Gasteiger partial charge in [-0.2, -0.15) is 0 Å². The fourth-order valence-corrected chi connectivity index (χ4v) is 3.58. The van der Waals surface area contributed by atoms with Crippen LogP contribution in [0, 0.1) is 5.92 Å². The number of hydrogen-bond donors (Lipinski definition) is 1. The minimum absolute atomic E-state index is 0.704. The highest BCUT2D eigenvalue weighted by Crippen LogP contribution is 2.32. The van der Waals surface area contributed by atoms with E-state index in [2.05, 4.69) is 35.2 Å². The lowest BCUT2D eigenvalue weighted by Crippen LogP contribution is -2.36. The topological polar surface area (TPSA) is 28.2 Å². The molecule has 3 nitrogen and oxygen atoms in total. The molecular formula is C18H29N3. The van der Waals surface area contributed by atoms with Crippen LogP contribution in [-0.2, 0) is 6.54 Å². The summed E-state index contributed by atoms with van der Waals surface area (Å²) in [6.45, 7) is 3.29. The van der Waals surface area contributed by atoms with Gasteiger partial charge >= 0.3 is 0 Å². The zero-order valence-electron chi connectivity index (χ0n) is 13.5. The van der Waals surface area contributed by atoms with Crippen LogP contribution in [0.1, 0.15) is 57.4 Å². The van der Waals surface area contributed by atoms with E-state index in [0.29, 0.717) is 6.04 Å². The summed E-state index contributed by atoms with van der Waals surface area (Å²) < 4.78 is 0. The summed E-state index contributed by atoms with van der Waals surface area (Å²) in [5.74, 6) is 0.961. The molecule has 2 aliphatic carbocycles. The van der Waals surface area contributed by atoms with E-state index in [0.717, 1.165) is 18.5 Å². The summed E-state index contributed by atoms with van der Waals surface area (Å²) >= 11 is 0. The van der Waals surface area contributed by atoms with Gasteiger partial charge in [0, 0.05) is 49.3 Å². The SMILES string of the molecule is CCC1CCC(N(C)c2ccncc2CNC2CC2)CC1. The van der Waals surface area contributed by atoms with Crippen LogP contribution in [0.15, 0.2) is 18.5 Å². The lowest BCUT2D eigenvalue weighted by Gasteiger charge is -2.36. The Kier molecular flexibility index (Phi) is 4.79. The molecule has 1 N–H and O–H groups in total. The first-order chi connectivity index (χ1) is 10.3. The molecule has 1 heterocycles. The molecule has 0 atom stereocenters. The second-order valence-electron chi connectivity index (χ2n) is 6.85. The molecule has 0 saturated heterocycles. The predicted molar refractivity (Wildman–Crippen MR) is 88.5 cm³/mol. The highest BCUT2D eigenvalue weighted by Gasteiger charge is 2.25. The molecule has 2 saturated carbocycles. The maximum absolute atomic E-state index is 4.33. The summed E-state index contributed by atoms with van der Waals surface area (Å²) in [7, 11) is 2.27. The summed E-state index contributed by atoms with van der Waals surface area (Å²) in [5, 5.41) is 3.62. The third kappa shape index (κ3) is 3.76. The lowest BCUT2D eigenvalue weighted by molar-refractivity contribution is 0.313. The van der Waals surface area contributed by atoms with Crippen LogP contribution in [0.2, 0.25) is 0 Å². The minimum atomic E-state index is 0.704. The summed E-state index contributed by atoms with van der Waals surface area (Å²) in [6.07, 6.45) is 13.5. The van der Waals surface area contributed by atoms with Crippen LogP contribution < -0.4 is 10.2 Å². The first-order valence-electron chi connectivity index (χ1n) is 8.67. The highest BCUT2D eigenvalue weighted by atomic mass is 15.1. The molecule has 0 unspecified atom stereocenters. The molecule has 3 heteroatoms. The van der Waals surface area contributed by atoms with Gasteiger partial charge in [-0.25, -0.2) is 0 Å². The number of hydrogen-bond acceptors (Lipinski definition) is 3. The van der Waals surface area contributed by atoms with Crippen LogP contribution >= 0.6 is 0 Å². The quantitative estimate of drug-likeness (QED) is 0.864. The number of rotatable bonds is 6. The molecule has 0 aliphatic heterocycles. The Morgan fingerprint density at radius 3 is 2.62 bits per heavy atom. The smallest absolute Gasteiger partial charge is 0.0442 e. The minimum Gasteiger partial charge on any atom is -0.371 e. The first kappa shape index (κ1) is 14.8. The van der Waals surface area contributed by atoms with Crippen molar-refractivity contribution in [1.82, 2.24) is 10.3 Å². The summed E-state index contributed by atoms with van der Waals surface area (Å²) in [5.41, 5.74) is 2.72. The second-order valence-corrected chi connectivity index (χ2v) is 6.85. The molecule has 0 spiro atoms. The van der Waals surface area contributed by atoms with Gasteiger partial charge in [0.15, 0.2) is 0 Å². The number of pyridine rings is 1. The summed E-state index contributed by atoms with van der Waals surface area (Å²) in [4.78, 5) is 6.84. The molecule has 3 rings (SSSR count). The molecule has 2 aliphatic rings. The van der Waals surface area contributed by atoms with Crippen molar-refractivity contribution in [3.05, 3.63) is 24.0 Å². The Hall–Kier alpha value is -1.09. The fraction of sp³-hybridized carbons (Fsp3) is 0.722. The van der Waals surface area contributed by atoms with Gasteiger partial charge in [0.1, 0.15) is 0 Å². The van der Waals surface area contributed by atoms with E-state index in [1.54, 1.807) is 0 Å². The number of nitrogens with zero attached hydrogens (tertiary/aromatic N) is 2. The van der Waals surface area contributed by atoms with Crippen molar-refractivity contribution in [2.24, 2.45) is 5.92 Å². The van der Waals surface area contributed by atoms with Crippen LogP contribution in [0.3, 0.4) is 0 Å². The van der Waals surface area contributed by atoms with Crippen LogP contribution in [0.4, 0.5) is 5.69 Å². The number of nitrogens with one attached hydrogen (secondary N) is 1. The molecule has 1 aromatic rings. The number of anilines is 1. The van der Waals surface area contributed by atoms with E-state index in [1.807, 2.05) is 12.4 Å². The van der Waals surface area contributed by atoms with Gasteiger partial charge in [0.2, 0.25) is 0 Å². The molecule has 0 amide bonds. The first-order valence-corrected chi connectivity index (χ1v) is 8.67. The van der Waals surface area contributed by atoms with Crippen LogP contribution in [0.5, 0.6) is 0 Å². The van der Waals surface area contributed by atoms with Crippen molar-refractivity contribution in [2.45, 2.75) is 70.5 Å². The van der Waals surface area contributed by atoms with E-state index >= 15 is 0 Å². The van der Waals surface area contributed by atoms with E-state index in [9.17, 15) is 0 Å². The molecule has 116 valence electrons. The Labute approximate surface area is 129 Å². The van der Waals surface area contributed by atoms with Crippen molar-refractivity contribution in [2.75, 3.05) is 11.9 Å². The maximum Gasteiger partial charge on any atom is 0.0442 e. The van der Waals surface area contributed by atoms with E-state index in [4.69, 9.17) is 0 Å². The van der Waals surface area contributed by atoms with Gasteiger partial charge in [-0.3, -0.25) is 4.98 Å². The molecule has 0 aromatic carbocycles. The van der Waals surface area contributed by atoms with Gasteiger partial charge < -0.3 is 10.2 Å². The van der Waals surface area contributed by atoms with Crippen molar-refractivity contribution in [3.8, 4) is 0 Å². The lowest BCUT2D eigenvalue weighted by atomic mass is 9.84. The predicted octanol–water partition coefficient (Wildman–Crippen LogP) is 3.74. The Balaban J connectivity index is 1.64. The van der Waals surface area contributed by atoms with Gasteiger partial charge in [0.25, 0.3) is 0 Å². The van der Waals surface area contributed by atoms with Gasteiger partial charge in [-0.1, -0.05) is 13.3 Å². The van der Waals surface area contributed by atoms with Crippen molar-refractivity contribution in [1.29, 1.82) is 0 Å². The normalized spacial score (nSPS) is 25.8. The zero-order valence-corrected chi connectivity index (χ0v) is 13.5. The molecule has 2 fully saturated rings. The average Bonchev–Trinajstić information content (AvgIpc) is 3.37. The zero-order chi connectivity index (χ0) is 14.7. The van der Waals surface area contributed by atoms with Crippen LogP contribution in [-0.4, -0.2) is 24.1 Å². The van der Waals surface area contributed by atoms with E-state index < -0.39 is 0 Å². The van der Waals surface area contributed by atoms with Gasteiger partial charge in [-0.05, 0) is 50.5 Å². The van der Waals surface area contributed by atoms with Gasteiger partial charge in [-0.15, -0.1) is 0 Å². The third-order valence-electron chi connectivity index (χ3n) is 5.36. The standard InChI is InChI=1S/C18H29N3/c1-3-14-4-8-17(9-5-14)21(2)18-10-11-19-12-15(18)13-20-16-6-7-16/h10-12,14,16-17,20H,3-9,13H2,1-2H3. The monoisotopic (exact) mass is 287 g/mol. The average molecular weight is 287 g/mol. The van der Waals surface area contributed by atoms with Gasteiger partial charge in [0.05, 0.1) is 0 Å². The van der Waals surface area contributed by atoms with Crippen LogP contribution in [0.25, 0.3) is 0 Å². The fourth-order valence-electron chi connectivity index (χ4n) is 3.58. The third-order valence-corrected chi connectivity index (χ3v) is 5.36. The number of aromatic nitrogens is 1. The largest absolute Gasteiger partial charge is 0.371 e. The summed E-state index contributed by atoms with van der Waals surface area (Å²) in [6, 6.07) is 3.65. The molecule has 21 heavy (non-hydrogen) atoms. The Bertz CT molecular complexity index is 448. The van der Waals surface area contributed by atoms with Crippen molar-refractivity contribution < 1.29 is 0 Å². The van der Waals surface area contributed by atoms with Crippen molar-refractivity contribution in [3.63, 3.8) is 0 Å². The van der Waals surface area contributed by atoms with Crippen molar-refractivity contribution >= 4 is 5.69 Å². The van der Waals surface area contributed by atoms with E-state index in [1.165, 1.54) is 56.2 Å². The molecule has 0 bridgehead atoms. The Morgan fingerprint density at radius 2 is 1.95 bits per heavy atom. The molecule has 0 radical (unpaired) electrons. The Morgan fingerprint density at radius 1 is 1.19 bits per heavy atom. The molecule has 1 aromatic heterocycles. The second kappa shape index (κ2) is 6.78. The van der Waals surface area contributed by atoms with E-state index in [-0.39, 0.29) is 0 Å². The maximum atomic E-state index is 4.33.